The van der Waals surface area contributed by atoms with Crippen molar-refractivity contribution in [3.8, 4) is 0 Å². The lowest BCUT2D eigenvalue weighted by Crippen LogP contribution is -2.01. The summed E-state index contributed by atoms with van der Waals surface area (Å²) in [7, 11) is 0. The number of nitrogen functional groups attached to an aromatic ring is 2. The summed E-state index contributed by atoms with van der Waals surface area (Å²) in [5, 5.41) is 3.73. The maximum atomic E-state index is 5.98. The Kier molecular flexibility index (Phi) is 3.40. The van der Waals surface area contributed by atoms with E-state index in [9.17, 15) is 0 Å². The van der Waals surface area contributed by atoms with Gasteiger partial charge in [-0.05, 0) is 40.2 Å². The Bertz CT molecular complexity index is 559. The average Bonchev–Trinajstić information content (AvgIpc) is 2.30. The molecule has 0 fully saturated rings. The van der Waals surface area contributed by atoms with Crippen molar-refractivity contribution in [3.05, 3.63) is 39.8 Å². The first-order valence-electron chi connectivity index (χ1n) is 4.81. The third kappa shape index (κ3) is 2.62. The summed E-state index contributed by atoms with van der Waals surface area (Å²) < 4.78 is 0.777. The molecule has 17 heavy (non-hydrogen) atoms. The van der Waals surface area contributed by atoms with E-state index < -0.39 is 0 Å². The van der Waals surface area contributed by atoms with Gasteiger partial charge in [-0.15, -0.1) is 0 Å². The van der Waals surface area contributed by atoms with Crippen LogP contribution in [-0.2, 0) is 0 Å². The lowest BCUT2D eigenvalue weighted by molar-refractivity contribution is 1.31. The minimum absolute atomic E-state index is 0.299. The molecule has 0 saturated heterocycles. The molecule has 2 aromatic rings. The summed E-state index contributed by atoms with van der Waals surface area (Å²) in [6.45, 7) is 0. The third-order valence-electron chi connectivity index (χ3n) is 2.17. The molecule has 0 spiro atoms. The molecule has 2 rings (SSSR count). The van der Waals surface area contributed by atoms with Crippen LogP contribution in [0.2, 0.25) is 5.02 Å². The van der Waals surface area contributed by atoms with Gasteiger partial charge in [-0.25, -0.2) is 4.98 Å². The first kappa shape index (κ1) is 12.0. The van der Waals surface area contributed by atoms with Crippen molar-refractivity contribution < 1.29 is 0 Å². The summed E-state index contributed by atoms with van der Waals surface area (Å²) in [6.07, 6.45) is 0. The van der Waals surface area contributed by atoms with Crippen LogP contribution in [0.5, 0.6) is 0 Å². The van der Waals surface area contributed by atoms with Crippen LogP contribution in [0.25, 0.3) is 0 Å². The largest absolute Gasteiger partial charge is 0.396 e. The SMILES string of the molecule is Nc1ccc(Nc2cccc(Cl)c2Br)nc1N. The predicted octanol–water partition coefficient (Wildman–Crippen LogP) is 3.41. The molecule has 0 radical (unpaired) electrons. The molecular weight excluding hydrogens is 304 g/mol. The van der Waals surface area contributed by atoms with E-state index >= 15 is 0 Å². The Morgan fingerprint density at radius 2 is 1.94 bits per heavy atom. The van der Waals surface area contributed by atoms with Crippen molar-refractivity contribution >= 4 is 50.5 Å². The molecule has 0 unspecified atom stereocenters. The summed E-state index contributed by atoms with van der Waals surface area (Å²) >= 11 is 9.38. The molecule has 0 amide bonds. The lowest BCUT2D eigenvalue weighted by Gasteiger charge is -2.09. The van der Waals surface area contributed by atoms with Crippen LogP contribution in [0.3, 0.4) is 0 Å². The maximum Gasteiger partial charge on any atom is 0.149 e. The molecule has 0 aliphatic heterocycles. The Morgan fingerprint density at radius 3 is 2.65 bits per heavy atom. The molecule has 5 N–H and O–H groups in total. The van der Waals surface area contributed by atoms with Crippen LogP contribution in [0, 0.1) is 0 Å². The second kappa shape index (κ2) is 4.81. The van der Waals surface area contributed by atoms with Crippen LogP contribution in [0.4, 0.5) is 23.0 Å². The normalized spacial score (nSPS) is 10.2. The second-order valence-corrected chi connectivity index (χ2v) is 4.60. The van der Waals surface area contributed by atoms with E-state index in [2.05, 4.69) is 26.2 Å². The molecule has 0 aliphatic carbocycles. The first-order chi connectivity index (χ1) is 8.08. The van der Waals surface area contributed by atoms with Crippen molar-refractivity contribution in [2.75, 3.05) is 16.8 Å². The molecular formula is C11H10BrClN4. The number of rotatable bonds is 2. The number of anilines is 4. The maximum absolute atomic E-state index is 5.98. The Balaban J connectivity index is 2.31. The van der Waals surface area contributed by atoms with Gasteiger partial charge in [0.2, 0.25) is 0 Å². The van der Waals surface area contributed by atoms with Crippen molar-refractivity contribution in [3.63, 3.8) is 0 Å². The Morgan fingerprint density at radius 1 is 1.18 bits per heavy atom. The monoisotopic (exact) mass is 312 g/mol. The highest BCUT2D eigenvalue weighted by atomic mass is 79.9. The standard InChI is InChI=1S/C11H10BrClN4/c12-10-6(13)2-1-3-8(10)16-9-5-4-7(14)11(15)17-9/h1-5H,14H2,(H3,15,16,17). The molecule has 0 saturated carbocycles. The summed E-state index contributed by atoms with van der Waals surface area (Å²) in [5.41, 5.74) is 12.5. The van der Waals surface area contributed by atoms with E-state index in [0.717, 1.165) is 10.2 Å². The van der Waals surface area contributed by atoms with Crippen LogP contribution < -0.4 is 16.8 Å². The number of halogens is 2. The van der Waals surface area contributed by atoms with Gasteiger partial charge in [-0.2, -0.15) is 0 Å². The fourth-order valence-corrected chi connectivity index (χ4v) is 1.83. The van der Waals surface area contributed by atoms with Crippen LogP contribution in [0.1, 0.15) is 0 Å². The van der Waals surface area contributed by atoms with Gasteiger partial charge >= 0.3 is 0 Å². The minimum Gasteiger partial charge on any atom is -0.396 e. The van der Waals surface area contributed by atoms with E-state index in [4.69, 9.17) is 23.1 Å². The van der Waals surface area contributed by atoms with Gasteiger partial charge in [0.15, 0.2) is 0 Å². The molecule has 6 heteroatoms. The van der Waals surface area contributed by atoms with E-state index in [0.29, 0.717) is 22.3 Å². The van der Waals surface area contributed by atoms with Gasteiger partial charge in [0.1, 0.15) is 11.6 Å². The number of pyridine rings is 1. The number of hydrogen-bond acceptors (Lipinski definition) is 4. The summed E-state index contributed by atoms with van der Waals surface area (Å²) in [5.74, 6) is 0.910. The van der Waals surface area contributed by atoms with Gasteiger partial charge in [-0.3, -0.25) is 0 Å². The van der Waals surface area contributed by atoms with Gasteiger partial charge in [-0.1, -0.05) is 17.7 Å². The van der Waals surface area contributed by atoms with E-state index in [1.807, 2.05) is 12.1 Å². The van der Waals surface area contributed by atoms with Crippen LogP contribution >= 0.6 is 27.5 Å². The van der Waals surface area contributed by atoms with Crippen molar-refractivity contribution in [1.29, 1.82) is 0 Å². The van der Waals surface area contributed by atoms with E-state index in [1.54, 1.807) is 18.2 Å². The third-order valence-corrected chi connectivity index (χ3v) is 3.57. The van der Waals surface area contributed by atoms with Gasteiger partial charge in [0.25, 0.3) is 0 Å². The van der Waals surface area contributed by atoms with Gasteiger partial charge in [0, 0.05) is 0 Å². The summed E-state index contributed by atoms with van der Waals surface area (Å²) in [4.78, 5) is 4.12. The molecule has 1 heterocycles. The highest BCUT2D eigenvalue weighted by Gasteiger charge is 2.05. The number of nitrogens with one attached hydrogen (secondary N) is 1. The van der Waals surface area contributed by atoms with Crippen molar-refractivity contribution in [2.45, 2.75) is 0 Å². The molecule has 0 bridgehead atoms. The van der Waals surface area contributed by atoms with Crippen LogP contribution in [0.15, 0.2) is 34.8 Å². The molecule has 4 nitrogen and oxygen atoms in total. The molecule has 0 aliphatic rings. The number of aromatic nitrogens is 1. The first-order valence-corrected chi connectivity index (χ1v) is 5.98. The molecule has 88 valence electrons. The highest BCUT2D eigenvalue weighted by Crippen LogP contribution is 2.32. The number of nitrogens with two attached hydrogens (primary N) is 2. The average molecular weight is 314 g/mol. The topological polar surface area (TPSA) is 77.0 Å². The second-order valence-electron chi connectivity index (χ2n) is 3.40. The Hall–Kier alpha value is -1.46. The van der Waals surface area contributed by atoms with Crippen molar-refractivity contribution in [2.24, 2.45) is 0 Å². The molecule has 1 aromatic carbocycles. The highest BCUT2D eigenvalue weighted by molar-refractivity contribution is 9.10. The zero-order chi connectivity index (χ0) is 12.4. The van der Waals surface area contributed by atoms with E-state index in [-0.39, 0.29) is 0 Å². The number of nitrogens with zero attached hydrogens (tertiary/aromatic N) is 1. The molecule has 0 atom stereocenters. The smallest absolute Gasteiger partial charge is 0.149 e. The zero-order valence-electron chi connectivity index (χ0n) is 8.74. The quantitative estimate of drug-likeness (QED) is 0.794. The number of benzene rings is 1. The lowest BCUT2D eigenvalue weighted by atomic mass is 10.3. The Labute approximate surface area is 112 Å². The minimum atomic E-state index is 0.299. The fourth-order valence-electron chi connectivity index (χ4n) is 1.29. The summed E-state index contributed by atoms with van der Waals surface area (Å²) in [6, 6.07) is 8.96. The molecule has 1 aromatic heterocycles. The van der Waals surface area contributed by atoms with E-state index in [1.165, 1.54) is 0 Å². The van der Waals surface area contributed by atoms with Gasteiger partial charge in [0.05, 0.1) is 20.9 Å². The number of hydrogen-bond donors (Lipinski definition) is 3. The van der Waals surface area contributed by atoms with Crippen molar-refractivity contribution in [1.82, 2.24) is 4.98 Å². The predicted molar refractivity (Wildman–Crippen MR) is 75.5 cm³/mol. The van der Waals surface area contributed by atoms with Crippen LogP contribution in [-0.4, -0.2) is 4.98 Å². The van der Waals surface area contributed by atoms with Gasteiger partial charge < -0.3 is 16.8 Å². The fraction of sp³-hybridized carbons (Fsp3) is 0. The zero-order valence-corrected chi connectivity index (χ0v) is 11.1.